The molecule has 2 saturated carbocycles. The van der Waals surface area contributed by atoms with E-state index in [1.54, 1.807) is 0 Å². The van der Waals surface area contributed by atoms with E-state index in [0.29, 0.717) is 11.5 Å². The van der Waals surface area contributed by atoms with E-state index in [2.05, 4.69) is 26.2 Å². The zero-order valence-electron chi connectivity index (χ0n) is 9.46. The first-order valence-electron chi connectivity index (χ1n) is 5.93. The Morgan fingerprint density at radius 3 is 2.81 bits per heavy atom. The van der Waals surface area contributed by atoms with Crippen molar-refractivity contribution >= 4 is 15.9 Å². The van der Waals surface area contributed by atoms with Gasteiger partial charge in [0.25, 0.3) is 0 Å². The molecule has 0 radical (unpaired) electrons. The van der Waals surface area contributed by atoms with Crippen molar-refractivity contribution in [3.05, 3.63) is 22.2 Å². The molecule has 0 aromatic carbocycles. The summed E-state index contributed by atoms with van der Waals surface area (Å²) in [6.07, 6.45) is 7.99. The van der Waals surface area contributed by atoms with E-state index >= 15 is 0 Å². The second-order valence-corrected chi connectivity index (χ2v) is 5.86. The maximum Gasteiger partial charge on any atom is 0.131 e. The van der Waals surface area contributed by atoms with E-state index in [0.717, 1.165) is 16.7 Å². The topological polar surface area (TPSA) is 37.8 Å². The van der Waals surface area contributed by atoms with E-state index in [9.17, 15) is 0 Å². The van der Waals surface area contributed by atoms with E-state index in [-0.39, 0.29) is 0 Å². The summed E-state index contributed by atoms with van der Waals surface area (Å²) in [5, 5.41) is 3.41. The van der Waals surface area contributed by atoms with Crippen molar-refractivity contribution in [3.8, 4) is 0 Å². The summed E-state index contributed by atoms with van der Waals surface area (Å²) in [5.41, 5.74) is 1.49. The summed E-state index contributed by atoms with van der Waals surface area (Å²) in [6, 6.07) is 0. The minimum atomic E-state index is 0.317. The van der Waals surface area contributed by atoms with Gasteiger partial charge in [0.1, 0.15) is 5.82 Å². The molecule has 0 atom stereocenters. The van der Waals surface area contributed by atoms with Crippen molar-refractivity contribution < 1.29 is 0 Å². The maximum absolute atomic E-state index is 4.71. The summed E-state index contributed by atoms with van der Waals surface area (Å²) < 4.78 is 1.05. The molecular formula is C12H16BrN3. The highest BCUT2D eigenvalue weighted by molar-refractivity contribution is 9.10. The van der Waals surface area contributed by atoms with Gasteiger partial charge in [-0.05, 0) is 48.7 Å². The first-order valence-corrected chi connectivity index (χ1v) is 6.72. The molecule has 0 saturated heterocycles. The number of hydrogen-bond donors (Lipinski definition) is 1. The minimum absolute atomic E-state index is 0.317. The van der Waals surface area contributed by atoms with Gasteiger partial charge < -0.3 is 5.32 Å². The molecular weight excluding hydrogens is 266 g/mol. The highest BCUT2D eigenvalue weighted by Gasteiger charge is 2.42. The van der Waals surface area contributed by atoms with Gasteiger partial charge in [-0.2, -0.15) is 0 Å². The normalized spacial score (nSPS) is 22.1. The molecule has 0 amide bonds. The average Bonchev–Trinajstić information content (AvgIpc) is 3.15. The van der Waals surface area contributed by atoms with Gasteiger partial charge >= 0.3 is 0 Å². The van der Waals surface area contributed by atoms with E-state index in [4.69, 9.17) is 4.98 Å². The second-order valence-electron chi connectivity index (χ2n) is 5.00. The third-order valence-electron chi connectivity index (χ3n) is 3.67. The molecule has 0 unspecified atom stereocenters. The molecule has 0 aliphatic heterocycles. The number of nitrogens with zero attached hydrogens (tertiary/aromatic N) is 2. The molecule has 1 aromatic rings. The lowest BCUT2D eigenvalue weighted by atomic mass is 10.1. The number of likely N-dealkylation sites (N-methyl/N-ethyl adjacent to an activating group) is 1. The van der Waals surface area contributed by atoms with Crippen molar-refractivity contribution in [1.82, 2.24) is 15.3 Å². The molecule has 3 nitrogen and oxygen atoms in total. The van der Waals surface area contributed by atoms with Crippen LogP contribution < -0.4 is 5.32 Å². The van der Waals surface area contributed by atoms with Crippen molar-refractivity contribution in [3.63, 3.8) is 0 Å². The zero-order chi connectivity index (χ0) is 11.2. The Morgan fingerprint density at radius 1 is 1.50 bits per heavy atom. The van der Waals surface area contributed by atoms with Crippen LogP contribution >= 0.6 is 15.9 Å². The molecule has 2 fully saturated rings. The quantitative estimate of drug-likeness (QED) is 0.921. The number of halogens is 1. The van der Waals surface area contributed by atoms with Crippen LogP contribution in [0.1, 0.15) is 43.1 Å². The van der Waals surface area contributed by atoms with Gasteiger partial charge in [0.05, 0.1) is 10.2 Å². The molecule has 3 rings (SSSR count). The number of hydrogen-bond acceptors (Lipinski definition) is 3. The molecule has 0 spiro atoms. The molecule has 1 heterocycles. The van der Waals surface area contributed by atoms with Gasteiger partial charge in [0.15, 0.2) is 0 Å². The van der Waals surface area contributed by atoms with Gasteiger partial charge in [0, 0.05) is 24.1 Å². The lowest BCUT2D eigenvalue weighted by Gasteiger charge is -2.14. The summed E-state index contributed by atoms with van der Waals surface area (Å²) in [4.78, 5) is 9.11. The molecule has 2 aliphatic rings. The Bertz CT molecular complexity index is 411. The Morgan fingerprint density at radius 2 is 2.25 bits per heavy atom. The Balaban J connectivity index is 1.84. The van der Waals surface area contributed by atoms with Crippen LogP contribution in [-0.4, -0.2) is 22.6 Å². The SMILES string of the molecule is CNC1(Cc2nc(C3CC3)ncc2Br)CC1. The van der Waals surface area contributed by atoms with E-state index in [1.807, 2.05) is 13.2 Å². The monoisotopic (exact) mass is 281 g/mol. The summed E-state index contributed by atoms with van der Waals surface area (Å²) in [7, 11) is 2.05. The van der Waals surface area contributed by atoms with Crippen LogP contribution in [0.3, 0.4) is 0 Å². The fourth-order valence-corrected chi connectivity index (χ4v) is 2.40. The van der Waals surface area contributed by atoms with Gasteiger partial charge in [-0.25, -0.2) is 9.97 Å². The molecule has 0 bridgehead atoms. The van der Waals surface area contributed by atoms with Crippen molar-refractivity contribution in [2.24, 2.45) is 0 Å². The smallest absolute Gasteiger partial charge is 0.131 e. The zero-order valence-corrected chi connectivity index (χ0v) is 11.0. The lowest BCUT2D eigenvalue weighted by molar-refractivity contribution is 0.538. The van der Waals surface area contributed by atoms with Crippen molar-refractivity contribution in [2.75, 3.05) is 7.05 Å². The molecule has 1 aromatic heterocycles. The molecule has 4 heteroatoms. The summed E-state index contributed by atoms with van der Waals surface area (Å²) >= 11 is 3.56. The van der Waals surface area contributed by atoms with Crippen LogP contribution in [0, 0.1) is 0 Å². The minimum Gasteiger partial charge on any atom is -0.314 e. The average molecular weight is 282 g/mol. The highest BCUT2D eigenvalue weighted by atomic mass is 79.9. The highest BCUT2D eigenvalue weighted by Crippen LogP contribution is 2.41. The Hall–Kier alpha value is -0.480. The largest absolute Gasteiger partial charge is 0.314 e. The van der Waals surface area contributed by atoms with Crippen LogP contribution in [0.5, 0.6) is 0 Å². The third kappa shape index (κ3) is 2.00. The standard InChI is InChI=1S/C12H16BrN3/c1-14-12(4-5-12)6-10-9(13)7-15-11(16-10)8-2-3-8/h7-8,14H,2-6H2,1H3. The van der Waals surface area contributed by atoms with E-state index in [1.165, 1.54) is 31.4 Å². The number of nitrogens with one attached hydrogen (secondary N) is 1. The van der Waals surface area contributed by atoms with E-state index < -0.39 is 0 Å². The van der Waals surface area contributed by atoms with Gasteiger partial charge in [-0.1, -0.05) is 0 Å². The Kier molecular flexibility index (Phi) is 2.51. The van der Waals surface area contributed by atoms with Gasteiger partial charge in [0.2, 0.25) is 0 Å². The number of aromatic nitrogens is 2. The lowest BCUT2D eigenvalue weighted by Crippen LogP contribution is -2.30. The van der Waals surface area contributed by atoms with Gasteiger partial charge in [-0.15, -0.1) is 0 Å². The molecule has 16 heavy (non-hydrogen) atoms. The first kappa shape index (κ1) is 10.7. The van der Waals surface area contributed by atoms with Gasteiger partial charge in [-0.3, -0.25) is 0 Å². The summed E-state index contributed by atoms with van der Waals surface area (Å²) in [6.45, 7) is 0. The first-order chi connectivity index (χ1) is 7.72. The van der Waals surface area contributed by atoms with Crippen molar-refractivity contribution in [2.45, 2.75) is 43.6 Å². The maximum atomic E-state index is 4.71. The predicted molar refractivity (Wildman–Crippen MR) is 66.4 cm³/mol. The fourth-order valence-electron chi connectivity index (χ4n) is 2.07. The summed E-state index contributed by atoms with van der Waals surface area (Å²) in [5.74, 6) is 1.68. The molecule has 2 aliphatic carbocycles. The Labute approximate surface area is 104 Å². The van der Waals surface area contributed by atoms with Crippen LogP contribution in [0.15, 0.2) is 10.7 Å². The van der Waals surface area contributed by atoms with Crippen molar-refractivity contribution in [1.29, 1.82) is 0 Å². The van der Waals surface area contributed by atoms with Crippen LogP contribution in [0.4, 0.5) is 0 Å². The van der Waals surface area contributed by atoms with Crippen LogP contribution in [0.25, 0.3) is 0 Å². The fraction of sp³-hybridized carbons (Fsp3) is 0.667. The molecule has 86 valence electrons. The van der Waals surface area contributed by atoms with Crippen LogP contribution in [0.2, 0.25) is 0 Å². The second kappa shape index (κ2) is 3.77. The number of rotatable bonds is 4. The molecule has 1 N–H and O–H groups in total. The predicted octanol–water partition coefficient (Wildman–Crippen LogP) is 2.41. The third-order valence-corrected chi connectivity index (χ3v) is 4.33. The van der Waals surface area contributed by atoms with Crippen LogP contribution in [-0.2, 0) is 6.42 Å².